The van der Waals surface area contributed by atoms with Gasteiger partial charge in [-0.3, -0.25) is 4.79 Å². The van der Waals surface area contributed by atoms with Crippen LogP contribution in [0.3, 0.4) is 0 Å². The van der Waals surface area contributed by atoms with E-state index in [2.05, 4.69) is 21.7 Å². The molecular weight excluding hydrogens is 258 g/mol. The van der Waals surface area contributed by atoms with Gasteiger partial charge in [-0.05, 0) is 25.0 Å². The molecule has 0 saturated carbocycles. The minimum Gasteiger partial charge on any atom is -0.384 e. The topological polar surface area (TPSA) is 54.0 Å². The molecule has 0 radical (unpaired) electrons. The fraction of sp³-hybridized carbons (Fsp3) is 0.286. The van der Waals surface area contributed by atoms with Gasteiger partial charge in [-0.2, -0.15) is 0 Å². The number of carbonyl (C=O) groups is 1. The summed E-state index contributed by atoms with van der Waals surface area (Å²) in [6.45, 7) is 2.65. The maximum atomic E-state index is 12.2. The van der Waals surface area contributed by atoms with Crippen LogP contribution in [0.1, 0.15) is 10.4 Å². The zero-order valence-electron chi connectivity index (χ0n) is 10.6. The molecule has 0 aliphatic carbocycles. The Morgan fingerprint density at radius 3 is 3.11 bits per heavy atom. The maximum absolute atomic E-state index is 12.2. The summed E-state index contributed by atoms with van der Waals surface area (Å²) in [4.78, 5) is 17.5. The molecule has 0 saturated heterocycles. The van der Waals surface area contributed by atoms with Crippen LogP contribution in [0, 0.1) is 12.8 Å². The summed E-state index contributed by atoms with van der Waals surface area (Å²) in [7, 11) is 0. The minimum absolute atomic E-state index is 0.0383. The van der Waals surface area contributed by atoms with Gasteiger partial charge in [0.1, 0.15) is 0 Å². The number of anilines is 2. The molecule has 1 aliphatic heterocycles. The van der Waals surface area contributed by atoms with Crippen molar-refractivity contribution in [2.24, 2.45) is 5.92 Å². The average molecular weight is 273 g/mol. The van der Waals surface area contributed by atoms with Crippen LogP contribution in [-0.2, 0) is 11.2 Å². The van der Waals surface area contributed by atoms with Gasteiger partial charge >= 0.3 is 0 Å². The van der Waals surface area contributed by atoms with Gasteiger partial charge in [-0.1, -0.05) is 18.2 Å². The monoisotopic (exact) mass is 273 g/mol. The summed E-state index contributed by atoms with van der Waals surface area (Å²) in [5.74, 6) is -0.00420. The molecule has 2 N–H and O–H groups in total. The van der Waals surface area contributed by atoms with E-state index in [0.717, 1.165) is 17.0 Å². The number of aryl methyl sites for hydroxylation is 1. The Bertz CT molecular complexity index is 608. The van der Waals surface area contributed by atoms with E-state index < -0.39 is 0 Å². The van der Waals surface area contributed by atoms with Crippen LogP contribution < -0.4 is 10.6 Å². The van der Waals surface area contributed by atoms with Crippen molar-refractivity contribution in [1.29, 1.82) is 0 Å². The predicted octanol–water partition coefficient (Wildman–Crippen LogP) is 2.67. The van der Waals surface area contributed by atoms with Gasteiger partial charge < -0.3 is 10.6 Å². The second-order valence-corrected chi connectivity index (χ2v) is 5.94. The van der Waals surface area contributed by atoms with Crippen LogP contribution in [-0.4, -0.2) is 17.4 Å². The second kappa shape index (κ2) is 5.01. The number of carbonyl (C=O) groups excluding carboxylic acids is 1. The summed E-state index contributed by atoms with van der Waals surface area (Å²) < 4.78 is 0. The Morgan fingerprint density at radius 2 is 2.32 bits per heavy atom. The predicted molar refractivity (Wildman–Crippen MR) is 77.6 cm³/mol. The highest BCUT2D eigenvalue weighted by Crippen LogP contribution is 2.25. The minimum atomic E-state index is -0.0425. The third-order valence-electron chi connectivity index (χ3n) is 3.24. The maximum Gasteiger partial charge on any atom is 0.231 e. The number of aromatic nitrogens is 1. The van der Waals surface area contributed by atoms with Crippen molar-refractivity contribution in [2.45, 2.75) is 13.3 Å². The number of hydrogen-bond acceptors (Lipinski definition) is 4. The molecule has 3 rings (SSSR count). The van der Waals surface area contributed by atoms with Gasteiger partial charge in [0.25, 0.3) is 0 Å². The zero-order valence-corrected chi connectivity index (χ0v) is 11.5. The van der Waals surface area contributed by atoms with Crippen molar-refractivity contribution in [3.63, 3.8) is 0 Å². The molecule has 0 spiro atoms. The van der Waals surface area contributed by atoms with Crippen molar-refractivity contribution >= 4 is 28.1 Å². The fourth-order valence-corrected chi connectivity index (χ4v) is 2.91. The zero-order chi connectivity index (χ0) is 13.2. The Balaban J connectivity index is 1.69. The quantitative estimate of drug-likeness (QED) is 0.884. The Hall–Kier alpha value is -1.88. The van der Waals surface area contributed by atoms with Crippen molar-refractivity contribution in [3.05, 3.63) is 40.9 Å². The Kier molecular flexibility index (Phi) is 3.21. The molecule has 4 nitrogen and oxygen atoms in total. The highest BCUT2D eigenvalue weighted by molar-refractivity contribution is 7.15. The third-order valence-corrected chi connectivity index (χ3v) is 4.07. The standard InChI is InChI=1S/C14H15N3OS/c1-9-7-16-14(19-9)17-13(18)11-6-10-4-2-3-5-12(10)15-8-11/h2-5,7,11,15H,6,8H2,1H3,(H,16,17,18). The lowest BCUT2D eigenvalue weighted by atomic mass is 9.93. The molecule has 1 amide bonds. The van der Waals surface area contributed by atoms with Gasteiger partial charge in [0.05, 0.1) is 5.92 Å². The summed E-state index contributed by atoms with van der Waals surface area (Å²) >= 11 is 1.50. The molecule has 19 heavy (non-hydrogen) atoms. The lowest BCUT2D eigenvalue weighted by molar-refractivity contribution is -0.119. The normalized spacial score (nSPS) is 17.4. The third kappa shape index (κ3) is 2.61. The van der Waals surface area contributed by atoms with E-state index in [0.29, 0.717) is 11.7 Å². The van der Waals surface area contributed by atoms with Gasteiger partial charge in [0.15, 0.2) is 5.13 Å². The van der Waals surface area contributed by atoms with E-state index in [1.165, 1.54) is 16.9 Å². The van der Waals surface area contributed by atoms with E-state index in [-0.39, 0.29) is 11.8 Å². The molecule has 1 aliphatic rings. The SMILES string of the molecule is Cc1cnc(NC(=O)C2CNc3ccccc3C2)s1. The number of fused-ring (bicyclic) bond motifs is 1. The van der Waals surface area contributed by atoms with E-state index in [1.807, 2.05) is 25.1 Å². The fourth-order valence-electron chi connectivity index (χ4n) is 2.25. The number of nitrogens with zero attached hydrogens (tertiary/aromatic N) is 1. The summed E-state index contributed by atoms with van der Waals surface area (Å²) in [5.41, 5.74) is 2.33. The van der Waals surface area contributed by atoms with E-state index in [1.54, 1.807) is 6.20 Å². The van der Waals surface area contributed by atoms with Crippen LogP contribution in [0.25, 0.3) is 0 Å². The molecule has 0 fully saturated rings. The van der Waals surface area contributed by atoms with Crippen molar-refractivity contribution in [2.75, 3.05) is 17.2 Å². The van der Waals surface area contributed by atoms with E-state index in [9.17, 15) is 4.79 Å². The van der Waals surface area contributed by atoms with Gasteiger partial charge in [-0.15, -0.1) is 11.3 Å². The lowest BCUT2D eigenvalue weighted by Crippen LogP contribution is -2.33. The van der Waals surface area contributed by atoms with Gasteiger partial charge in [-0.25, -0.2) is 4.98 Å². The molecule has 0 bridgehead atoms. The summed E-state index contributed by atoms with van der Waals surface area (Å²) in [5, 5.41) is 6.88. The molecule has 98 valence electrons. The van der Waals surface area contributed by atoms with Crippen LogP contribution in [0.2, 0.25) is 0 Å². The van der Waals surface area contributed by atoms with Crippen LogP contribution >= 0.6 is 11.3 Å². The lowest BCUT2D eigenvalue weighted by Gasteiger charge is -2.24. The number of hydrogen-bond donors (Lipinski definition) is 2. The first-order chi connectivity index (χ1) is 9.22. The second-order valence-electron chi connectivity index (χ2n) is 4.70. The highest BCUT2D eigenvalue weighted by Gasteiger charge is 2.24. The Labute approximate surface area is 115 Å². The molecule has 1 unspecified atom stereocenters. The molecular formula is C14H15N3OS. The number of benzene rings is 1. The number of rotatable bonds is 2. The van der Waals surface area contributed by atoms with E-state index >= 15 is 0 Å². The van der Waals surface area contributed by atoms with Crippen molar-refractivity contribution in [3.8, 4) is 0 Å². The summed E-state index contributed by atoms with van der Waals surface area (Å²) in [6, 6.07) is 8.12. The molecule has 2 aromatic rings. The average Bonchev–Trinajstić information content (AvgIpc) is 2.83. The number of thiazole rings is 1. The molecule has 1 aromatic heterocycles. The van der Waals surface area contributed by atoms with E-state index in [4.69, 9.17) is 0 Å². The van der Waals surface area contributed by atoms with Crippen LogP contribution in [0.15, 0.2) is 30.5 Å². The number of nitrogens with one attached hydrogen (secondary N) is 2. The largest absolute Gasteiger partial charge is 0.384 e. The first-order valence-corrected chi connectivity index (χ1v) is 7.09. The molecule has 1 atom stereocenters. The first kappa shape index (κ1) is 12.2. The van der Waals surface area contributed by atoms with Crippen LogP contribution in [0.4, 0.5) is 10.8 Å². The molecule has 1 aromatic carbocycles. The van der Waals surface area contributed by atoms with Crippen molar-refractivity contribution < 1.29 is 4.79 Å². The molecule has 2 heterocycles. The van der Waals surface area contributed by atoms with Crippen molar-refractivity contribution in [1.82, 2.24) is 4.98 Å². The Morgan fingerprint density at radius 1 is 1.47 bits per heavy atom. The smallest absolute Gasteiger partial charge is 0.231 e. The number of amides is 1. The molecule has 5 heteroatoms. The highest BCUT2D eigenvalue weighted by atomic mass is 32.1. The number of para-hydroxylation sites is 1. The van der Waals surface area contributed by atoms with Gasteiger partial charge in [0.2, 0.25) is 5.91 Å². The van der Waals surface area contributed by atoms with Gasteiger partial charge in [0, 0.05) is 23.3 Å². The summed E-state index contributed by atoms with van der Waals surface area (Å²) in [6.07, 6.45) is 2.55. The van der Waals surface area contributed by atoms with Crippen LogP contribution in [0.5, 0.6) is 0 Å². The first-order valence-electron chi connectivity index (χ1n) is 6.27.